The van der Waals surface area contributed by atoms with Crippen LogP contribution >= 0.6 is 0 Å². The van der Waals surface area contributed by atoms with Gasteiger partial charge in [-0.2, -0.15) is 0 Å². The van der Waals surface area contributed by atoms with Gasteiger partial charge in [-0.1, -0.05) is 6.07 Å². The van der Waals surface area contributed by atoms with Crippen molar-refractivity contribution in [2.45, 2.75) is 26.3 Å². The fraction of sp³-hybridized carbons (Fsp3) is 0.462. The van der Waals surface area contributed by atoms with E-state index in [-0.39, 0.29) is 17.8 Å². The summed E-state index contributed by atoms with van der Waals surface area (Å²) in [6.45, 7) is 4.24. The van der Waals surface area contributed by atoms with Crippen LogP contribution in [0.15, 0.2) is 18.2 Å². The highest BCUT2D eigenvalue weighted by atomic mass is 19.1. The van der Waals surface area contributed by atoms with Crippen LogP contribution in [0.25, 0.3) is 0 Å². The molecule has 0 saturated heterocycles. The number of hydrogen-bond acceptors (Lipinski definition) is 2. The summed E-state index contributed by atoms with van der Waals surface area (Å²) in [5, 5.41) is 5.70. The van der Waals surface area contributed by atoms with Crippen molar-refractivity contribution in [2.24, 2.45) is 0 Å². The summed E-state index contributed by atoms with van der Waals surface area (Å²) in [6, 6.07) is 4.52. The van der Waals surface area contributed by atoms with Gasteiger partial charge in [0.25, 0.3) is 0 Å². The lowest BCUT2D eigenvalue weighted by molar-refractivity contribution is -0.122. The van der Waals surface area contributed by atoms with Crippen molar-refractivity contribution < 1.29 is 9.18 Å². The van der Waals surface area contributed by atoms with Gasteiger partial charge in [0, 0.05) is 6.54 Å². The first kappa shape index (κ1) is 13.6. The van der Waals surface area contributed by atoms with Gasteiger partial charge in [0.1, 0.15) is 5.82 Å². The molecule has 0 aliphatic rings. The lowest BCUT2D eigenvalue weighted by Crippen LogP contribution is -2.41. The van der Waals surface area contributed by atoms with Crippen molar-refractivity contribution in [3.8, 4) is 0 Å². The van der Waals surface area contributed by atoms with Crippen molar-refractivity contribution in [1.82, 2.24) is 10.6 Å². The molecule has 4 heteroatoms. The van der Waals surface area contributed by atoms with Crippen LogP contribution in [-0.2, 0) is 11.2 Å². The number of amides is 1. The third-order valence-corrected chi connectivity index (χ3v) is 2.82. The van der Waals surface area contributed by atoms with Crippen LogP contribution in [0, 0.1) is 12.7 Å². The first-order chi connectivity index (χ1) is 8.04. The van der Waals surface area contributed by atoms with Gasteiger partial charge < -0.3 is 10.6 Å². The molecule has 0 heterocycles. The van der Waals surface area contributed by atoms with Gasteiger partial charge in [-0.3, -0.25) is 4.79 Å². The van der Waals surface area contributed by atoms with Crippen LogP contribution in [0.1, 0.15) is 18.1 Å². The summed E-state index contributed by atoms with van der Waals surface area (Å²) in [6.07, 6.45) is 0.717. The van der Waals surface area contributed by atoms with Gasteiger partial charge in [-0.15, -0.1) is 0 Å². The number of carbonyl (C=O) groups excluding carboxylic acids is 1. The SMILES string of the molecule is CNC(C)C(=O)NCCc1ccc(F)cc1C. The molecule has 1 amide bonds. The minimum absolute atomic E-state index is 0.0211. The van der Waals surface area contributed by atoms with Crippen molar-refractivity contribution >= 4 is 5.91 Å². The van der Waals surface area contributed by atoms with Crippen LogP contribution in [-0.4, -0.2) is 25.5 Å². The normalized spacial score (nSPS) is 12.2. The quantitative estimate of drug-likeness (QED) is 0.814. The lowest BCUT2D eigenvalue weighted by Gasteiger charge is -2.11. The summed E-state index contributed by atoms with van der Waals surface area (Å²) in [5.41, 5.74) is 1.98. The molecular weight excluding hydrogens is 219 g/mol. The topological polar surface area (TPSA) is 41.1 Å². The van der Waals surface area contributed by atoms with E-state index >= 15 is 0 Å². The summed E-state index contributed by atoms with van der Waals surface area (Å²) >= 11 is 0. The Morgan fingerprint density at radius 2 is 2.18 bits per heavy atom. The van der Waals surface area contributed by atoms with E-state index in [1.54, 1.807) is 20.0 Å². The largest absolute Gasteiger partial charge is 0.354 e. The van der Waals surface area contributed by atoms with E-state index in [0.717, 1.165) is 11.1 Å². The van der Waals surface area contributed by atoms with Crippen LogP contribution in [0.2, 0.25) is 0 Å². The fourth-order valence-electron chi connectivity index (χ4n) is 1.54. The number of carbonyl (C=O) groups is 1. The standard InChI is InChI=1S/C13H19FN2O/c1-9-8-12(14)5-4-11(9)6-7-16-13(17)10(2)15-3/h4-5,8,10,15H,6-7H2,1-3H3,(H,16,17). The summed E-state index contributed by atoms with van der Waals surface area (Å²) < 4.78 is 12.9. The predicted octanol–water partition coefficient (Wildman–Crippen LogP) is 1.40. The lowest BCUT2D eigenvalue weighted by atomic mass is 10.1. The molecule has 0 fully saturated rings. The molecule has 0 aliphatic heterocycles. The maximum atomic E-state index is 12.9. The Balaban J connectivity index is 2.43. The second-order valence-electron chi connectivity index (χ2n) is 4.12. The number of rotatable bonds is 5. The average Bonchev–Trinajstić information content (AvgIpc) is 2.30. The molecule has 0 saturated carbocycles. The number of likely N-dealkylation sites (N-methyl/N-ethyl adjacent to an activating group) is 1. The molecule has 3 nitrogen and oxygen atoms in total. The highest BCUT2D eigenvalue weighted by molar-refractivity contribution is 5.81. The van der Waals surface area contributed by atoms with Crippen LogP contribution in [0.5, 0.6) is 0 Å². The van der Waals surface area contributed by atoms with E-state index in [2.05, 4.69) is 10.6 Å². The zero-order chi connectivity index (χ0) is 12.8. The second kappa shape index (κ2) is 6.35. The smallest absolute Gasteiger partial charge is 0.236 e. The first-order valence-corrected chi connectivity index (χ1v) is 5.74. The van der Waals surface area contributed by atoms with Crippen molar-refractivity contribution in [3.05, 3.63) is 35.1 Å². The van der Waals surface area contributed by atoms with Gasteiger partial charge in [-0.25, -0.2) is 4.39 Å². The van der Waals surface area contributed by atoms with Crippen molar-refractivity contribution in [1.29, 1.82) is 0 Å². The summed E-state index contributed by atoms with van der Waals surface area (Å²) in [4.78, 5) is 11.5. The van der Waals surface area contributed by atoms with Gasteiger partial charge in [0.05, 0.1) is 6.04 Å². The van der Waals surface area contributed by atoms with E-state index in [1.165, 1.54) is 12.1 Å². The van der Waals surface area contributed by atoms with E-state index in [0.29, 0.717) is 13.0 Å². The molecule has 0 radical (unpaired) electrons. The predicted molar refractivity (Wildman–Crippen MR) is 66.4 cm³/mol. The van der Waals surface area contributed by atoms with Gasteiger partial charge in [-0.05, 0) is 50.6 Å². The maximum Gasteiger partial charge on any atom is 0.236 e. The van der Waals surface area contributed by atoms with Crippen molar-refractivity contribution in [3.63, 3.8) is 0 Å². The second-order valence-corrected chi connectivity index (χ2v) is 4.12. The number of aryl methyl sites for hydroxylation is 1. The van der Waals surface area contributed by atoms with Crippen LogP contribution in [0.3, 0.4) is 0 Å². The molecule has 1 aromatic carbocycles. The first-order valence-electron chi connectivity index (χ1n) is 5.74. The molecule has 2 N–H and O–H groups in total. The van der Waals surface area contributed by atoms with Gasteiger partial charge >= 0.3 is 0 Å². The summed E-state index contributed by atoms with van der Waals surface area (Å²) in [5.74, 6) is -0.244. The minimum Gasteiger partial charge on any atom is -0.354 e. The molecule has 0 aliphatic carbocycles. The zero-order valence-corrected chi connectivity index (χ0v) is 10.5. The molecular formula is C13H19FN2O. The van der Waals surface area contributed by atoms with E-state index in [1.807, 2.05) is 6.92 Å². The highest BCUT2D eigenvalue weighted by Gasteiger charge is 2.09. The molecule has 0 aromatic heterocycles. The summed E-state index contributed by atoms with van der Waals surface area (Å²) in [7, 11) is 1.74. The molecule has 0 bridgehead atoms. The zero-order valence-electron chi connectivity index (χ0n) is 10.5. The number of hydrogen-bond donors (Lipinski definition) is 2. The van der Waals surface area contributed by atoms with E-state index in [4.69, 9.17) is 0 Å². The number of halogens is 1. The van der Waals surface area contributed by atoms with Gasteiger partial charge in [0.15, 0.2) is 0 Å². The van der Waals surface area contributed by atoms with E-state index < -0.39 is 0 Å². The van der Waals surface area contributed by atoms with Crippen LogP contribution in [0.4, 0.5) is 4.39 Å². The monoisotopic (exact) mass is 238 g/mol. The number of benzene rings is 1. The Morgan fingerprint density at radius 1 is 1.47 bits per heavy atom. The van der Waals surface area contributed by atoms with E-state index in [9.17, 15) is 9.18 Å². The molecule has 1 rings (SSSR count). The minimum atomic E-state index is -0.223. The Hall–Kier alpha value is -1.42. The molecule has 0 spiro atoms. The van der Waals surface area contributed by atoms with Gasteiger partial charge in [0.2, 0.25) is 5.91 Å². The van der Waals surface area contributed by atoms with Crippen LogP contribution < -0.4 is 10.6 Å². The molecule has 94 valence electrons. The fourth-order valence-corrected chi connectivity index (χ4v) is 1.54. The Labute approximate surface area is 101 Å². The molecule has 1 atom stereocenters. The Kier molecular flexibility index (Phi) is 5.10. The highest BCUT2D eigenvalue weighted by Crippen LogP contribution is 2.10. The van der Waals surface area contributed by atoms with Crippen molar-refractivity contribution in [2.75, 3.05) is 13.6 Å². The third-order valence-electron chi connectivity index (χ3n) is 2.82. The third kappa shape index (κ3) is 4.15. The number of nitrogens with one attached hydrogen (secondary N) is 2. The Bertz CT molecular complexity index is 393. The molecule has 1 aromatic rings. The molecule has 1 unspecified atom stereocenters. The molecule has 17 heavy (non-hydrogen) atoms. The maximum absolute atomic E-state index is 12.9. The Morgan fingerprint density at radius 3 is 2.76 bits per heavy atom. The average molecular weight is 238 g/mol.